The maximum Gasteiger partial charge on any atom is 0.269 e. The lowest BCUT2D eigenvalue weighted by Gasteiger charge is -2.09. The molecular formula is C10H11ClN2O3. The van der Waals surface area contributed by atoms with Gasteiger partial charge in [0.2, 0.25) is 5.91 Å². The van der Waals surface area contributed by atoms with Crippen LogP contribution in [0.1, 0.15) is 17.9 Å². The van der Waals surface area contributed by atoms with E-state index < -0.39 is 10.3 Å². The first kappa shape index (κ1) is 12.4. The maximum atomic E-state index is 10.7. The van der Waals surface area contributed by atoms with E-state index in [-0.39, 0.29) is 18.1 Å². The summed E-state index contributed by atoms with van der Waals surface area (Å²) in [5.41, 5.74) is 0.607. The Hall–Kier alpha value is -1.62. The van der Waals surface area contributed by atoms with Gasteiger partial charge in [0.15, 0.2) is 0 Å². The fraction of sp³-hybridized carbons (Fsp3) is 0.300. The Morgan fingerprint density at radius 1 is 1.62 bits per heavy atom. The number of amides is 1. The van der Waals surface area contributed by atoms with Crippen LogP contribution in [-0.4, -0.2) is 17.4 Å². The van der Waals surface area contributed by atoms with Crippen LogP contribution in [0.25, 0.3) is 0 Å². The predicted molar refractivity (Wildman–Crippen MR) is 60.4 cm³/mol. The van der Waals surface area contributed by atoms with E-state index in [2.05, 4.69) is 5.32 Å². The molecule has 1 amide bonds. The molecule has 1 aromatic rings. The van der Waals surface area contributed by atoms with Crippen molar-refractivity contribution in [1.82, 2.24) is 5.32 Å². The minimum absolute atomic E-state index is 0.00836. The highest BCUT2D eigenvalue weighted by molar-refractivity contribution is 6.21. The monoisotopic (exact) mass is 242 g/mol. The van der Waals surface area contributed by atoms with Crippen molar-refractivity contribution in [3.8, 4) is 0 Å². The molecule has 0 spiro atoms. The number of hydrogen-bond donors (Lipinski definition) is 1. The molecule has 6 heteroatoms. The molecule has 0 radical (unpaired) electrons. The zero-order valence-electron chi connectivity index (χ0n) is 8.64. The molecule has 1 aromatic carbocycles. The van der Waals surface area contributed by atoms with Crippen molar-refractivity contribution in [2.24, 2.45) is 0 Å². The van der Waals surface area contributed by atoms with Gasteiger partial charge in [0.25, 0.3) is 5.69 Å². The zero-order valence-corrected chi connectivity index (χ0v) is 9.40. The molecule has 0 fully saturated rings. The molecule has 0 aliphatic rings. The SMILES string of the molecule is CC(=O)NCC(Cl)c1cccc([N+](=O)[O-])c1. The largest absolute Gasteiger partial charge is 0.355 e. The normalized spacial score (nSPS) is 11.9. The quantitative estimate of drug-likeness (QED) is 0.499. The standard InChI is InChI=1S/C10H11ClN2O3/c1-7(14)12-6-10(11)8-3-2-4-9(5-8)13(15)16/h2-5,10H,6H2,1H3,(H,12,14). The van der Waals surface area contributed by atoms with E-state index in [0.717, 1.165) is 0 Å². The van der Waals surface area contributed by atoms with Gasteiger partial charge in [-0.15, -0.1) is 11.6 Å². The van der Waals surface area contributed by atoms with Gasteiger partial charge in [-0.3, -0.25) is 14.9 Å². The van der Waals surface area contributed by atoms with E-state index in [0.29, 0.717) is 5.56 Å². The van der Waals surface area contributed by atoms with E-state index in [1.54, 1.807) is 12.1 Å². The number of hydrogen-bond acceptors (Lipinski definition) is 3. The fourth-order valence-corrected chi connectivity index (χ4v) is 1.40. The minimum Gasteiger partial charge on any atom is -0.355 e. The summed E-state index contributed by atoms with van der Waals surface area (Å²) in [4.78, 5) is 20.7. The summed E-state index contributed by atoms with van der Waals surface area (Å²) in [7, 11) is 0. The Labute approximate surface area is 97.6 Å². The van der Waals surface area contributed by atoms with Gasteiger partial charge in [0.05, 0.1) is 10.3 Å². The summed E-state index contributed by atoms with van der Waals surface area (Å²) in [6.45, 7) is 1.63. The lowest BCUT2D eigenvalue weighted by molar-refractivity contribution is -0.384. The van der Waals surface area contributed by atoms with Gasteiger partial charge in [0.1, 0.15) is 0 Å². The smallest absolute Gasteiger partial charge is 0.269 e. The Morgan fingerprint density at radius 2 is 2.31 bits per heavy atom. The van der Waals surface area contributed by atoms with Gasteiger partial charge in [-0.1, -0.05) is 12.1 Å². The van der Waals surface area contributed by atoms with Gasteiger partial charge < -0.3 is 5.32 Å². The minimum atomic E-state index is -0.481. The number of nitro benzene ring substituents is 1. The number of rotatable bonds is 4. The topological polar surface area (TPSA) is 72.2 Å². The summed E-state index contributed by atoms with van der Waals surface area (Å²) in [6.07, 6.45) is 0. The lowest BCUT2D eigenvalue weighted by atomic mass is 10.1. The Morgan fingerprint density at radius 3 is 2.88 bits per heavy atom. The van der Waals surface area contributed by atoms with Crippen molar-refractivity contribution in [2.45, 2.75) is 12.3 Å². The summed E-state index contributed by atoms with van der Waals surface area (Å²) in [5.74, 6) is -0.184. The Balaban J connectivity index is 2.75. The number of carbonyl (C=O) groups is 1. The Bertz CT molecular complexity index is 409. The van der Waals surface area contributed by atoms with Crippen molar-refractivity contribution in [3.63, 3.8) is 0 Å². The van der Waals surface area contributed by atoms with Gasteiger partial charge in [-0.25, -0.2) is 0 Å². The van der Waals surface area contributed by atoms with Crippen LogP contribution in [0.4, 0.5) is 5.69 Å². The number of non-ortho nitro benzene ring substituents is 1. The van der Waals surface area contributed by atoms with Crippen molar-refractivity contribution >= 4 is 23.2 Å². The number of alkyl halides is 1. The molecular weight excluding hydrogens is 232 g/mol. The van der Waals surface area contributed by atoms with Crippen LogP contribution >= 0.6 is 11.6 Å². The molecule has 5 nitrogen and oxygen atoms in total. The highest BCUT2D eigenvalue weighted by Crippen LogP contribution is 2.23. The second kappa shape index (κ2) is 5.46. The molecule has 0 aliphatic carbocycles. The Kier molecular flexibility index (Phi) is 4.25. The van der Waals surface area contributed by atoms with Crippen LogP contribution in [-0.2, 0) is 4.79 Å². The molecule has 0 aliphatic heterocycles. The molecule has 1 atom stereocenters. The number of benzene rings is 1. The van der Waals surface area contributed by atoms with Crippen molar-refractivity contribution < 1.29 is 9.72 Å². The molecule has 1 rings (SSSR count). The molecule has 0 bridgehead atoms. The van der Waals surface area contributed by atoms with Crippen LogP contribution in [0, 0.1) is 10.1 Å². The molecule has 16 heavy (non-hydrogen) atoms. The first-order valence-corrected chi connectivity index (χ1v) is 5.07. The van der Waals surface area contributed by atoms with Crippen LogP contribution in [0.15, 0.2) is 24.3 Å². The second-order valence-corrected chi connectivity index (χ2v) is 3.78. The zero-order chi connectivity index (χ0) is 12.1. The van der Waals surface area contributed by atoms with Crippen molar-refractivity contribution in [2.75, 3.05) is 6.54 Å². The number of carbonyl (C=O) groups excluding carboxylic acids is 1. The molecule has 0 saturated heterocycles. The maximum absolute atomic E-state index is 10.7. The molecule has 0 heterocycles. The summed E-state index contributed by atoms with van der Waals surface area (Å²) in [5, 5.41) is 12.6. The van der Waals surface area contributed by atoms with Crippen molar-refractivity contribution in [3.05, 3.63) is 39.9 Å². The van der Waals surface area contributed by atoms with Crippen LogP contribution in [0.5, 0.6) is 0 Å². The lowest BCUT2D eigenvalue weighted by Crippen LogP contribution is -2.23. The number of nitro groups is 1. The van der Waals surface area contributed by atoms with Crippen LogP contribution < -0.4 is 5.32 Å². The van der Waals surface area contributed by atoms with E-state index in [1.807, 2.05) is 0 Å². The molecule has 86 valence electrons. The highest BCUT2D eigenvalue weighted by Gasteiger charge is 2.12. The summed E-state index contributed by atoms with van der Waals surface area (Å²) in [6, 6.07) is 6.05. The predicted octanol–water partition coefficient (Wildman–Crippen LogP) is 2.01. The van der Waals surface area contributed by atoms with E-state index in [1.165, 1.54) is 19.1 Å². The van der Waals surface area contributed by atoms with Gasteiger partial charge in [-0.2, -0.15) is 0 Å². The summed E-state index contributed by atoms with van der Waals surface area (Å²) < 4.78 is 0. The number of nitrogens with one attached hydrogen (secondary N) is 1. The second-order valence-electron chi connectivity index (χ2n) is 3.26. The summed E-state index contributed by atoms with van der Waals surface area (Å²) >= 11 is 5.99. The average molecular weight is 243 g/mol. The number of nitrogens with zero attached hydrogens (tertiary/aromatic N) is 1. The van der Waals surface area contributed by atoms with Crippen LogP contribution in [0.2, 0.25) is 0 Å². The first-order chi connectivity index (χ1) is 7.50. The molecule has 0 aromatic heterocycles. The average Bonchev–Trinajstić information content (AvgIpc) is 2.26. The van der Waals surface area contributed by atoms with Gasteiger partial charge in [-0.05, 0) is 5.56 Å². The third kappa shape index (κ3) is 3.51. The molecule has 1 unspecified atom stereocenters. The van der Waals surface area contributed by atoms with Crippen LogP contribution in [0.3, 0.4) is 0 Å². The highest BCUT2D eigenvalue weighted by atomic mass is 35.5. The third-order valence-electron chi connectivity index (χ3n) is 1.97. The van der Waals surface area contributed by atoms with Gasteiger partial charge >= 0.3 is 0 Å². The molecule has 1 N–H and O–H groups in total. The van der Waals surface area contributed by atoms with Crippen molar-refractivity contribution in [1.29, 1.82) is 0 Å². The molecule has 0 saturated carbocycles. The van der Waals surface area contributed by atoms with Gasteiger partial charge in [0, 0.05) is 25.6 Å². The number of halogens is 1. The third-order valence-corrected chi connectivity index (χ3v) is 2.38. The van der Waals surface area contributed by atoms with E-state index in [4.69, 9.17) is 11.6 Å². The van der Waals surface area contributed by atoms with E-state index >= 15 is 0 Å². The first-order valence-electron chi connectivity index (χ1n) is 4.63. The van der Waals surface area contributed by atoms with E-state index in [9.17, 15) is 14.9 Å². The fourth-order valence-electron chi connectivity index (χ4n) is 1.18.